The Morgan fingerprint density at radius 1 is 1.46 bits per heavy atom. The number of hydrogen-bond donors (Lipinski definition) is 1. The predicted molar refractivity (Wildman–Crippen MR) is 58.0 cm³/mol. The van der Waals surface area contributed by atoms with Crippen LogP contribution in [0.2, 0.25) is 0 Å². The Labute approximate surface area is 93.7 Å². The largest absolute Gasteiger partial charge is 0.341 e. The van der Waals surface area contributed by atoms with Gasteiger partial charge in [0.05, 0.1) is 33.7 Å². The molecule has 0 fully saturated rings. The van der Waals surface area contributed by atoms with E-state index in [-0.39, 0.29) is 0 Å². The Bertz CT molecular complexity index is 380. The molecule has 0 radical (unpaired) electrons. The molecule has 0 bridgehead atoms. The Balaban J connectivity index is 2.52. The molecular weight excluding hydrogens is 277 g/mol. The minimum atomic E-state index is 0.374. The maximum absolute atomic E-state index is 5.89. The van der Waals surface area contributed by atoms with Gasteiger partial charge in [0.15, 0.2) is 5.16 Å². The van der Waals surface area contributed by atoms with Crippen molar-refractivity contribution < 1.29 is 0 Å². The Morgan fingerprint density at radius 2 is 2.23 bits per heavy atom. The number of hydrogen-bond acceptors (Lipinski definition) is 3. The maximum atomic E-state index is 5.89. The number of fused-ring (bicyclic) bond motifs is 1. The first-order chi connectivity index (χ1) is 6.20. The fourth-order valence-electron chi connectivity index (χ4n) is 1.02. The lowest BCUT2D eigenvalue weighted by Crippen LogP contribution is -2.16. The number of nitrogens with zero attached hydrogens (tertiary/aromatic N) is 2. The van der Waals surface area contributed by atoms with Gasteiger partial charge in [-0.25, -0.2) is 0 Å². The third kappa shape index (κ3) is 1.49. The number of halogens is 3. The predicted octanol–water partition coefficient (Wildman–Crippen LogP) is 3.23. The van der Waals surface area contributed by atoms with E-state index in [1.165, 1.54) is 0 Å². The van der Waals surface area contributed by atoms with E-state index in [1.54, 1.807) is 16.3 Å². The van der Waals surface area contributed by atoms with Crippen LogP contribution in [0.3, 0.4) is 0 Å². The number of aromatic nitrogens is 1. The molecule has 0 aromatic carbocycles. The average Bonchev–Trinajstić information content (AvgIpc) is 2.15. The van der Waals surface area contributed by atoms with Crippen LogP contribution in [0.1, 0.15) is 0 Å². The summed E-state index contributed by atoms with van der Waals surface area (Å²) in [6.07, 6.45) is 3.35. The Kier molecular flexibility index (Phi) is 2.36. The van der Waals surface area contributed by atoms with Crippen molar-refractivity contribution >= 4 is 50.7 Å². The van der Waals surface area contributed by atoms with E-state index in [0.29, 0.717) is 10.3 Å². The molecule has 0 atom stereocenters. The van der Waals surface area contributed by atoms with Gasteiger partial charge in [-0.3, -0.25) is 8.91 Å². The highest BCUT2D eigenvalue weighted by atomic mass is 79.9. The molecule has 2 heterocycles. The summed E-state index contributed by atoms with van der Waals surface area (Å²) in [6.45, 7) is 0. The van der Waals surface area contributed by atoms with Crippen LogP contribution in [0.25, 0.3) is 0 Å². The van der Waals surface area contributed by atoms with Gasteiger partial charge in [-0.15, -0.1) is 0 Å². The highest BCUT2D eigenvalue weighted by Crippen LogP contribution is 2.38. The van der Waals surface area contributed by atoms with Crippen molar-refractivity contribution in [3.63, 3.8) is 0 Å². The van der Waals surface area contributed by atoms with E-state index >= 15 is 0 Å². The van der Waals surface area contributed by atoms with E-state index in [4.69, 9.17) is 23.2 Å². The molecule has 0 saturated heterocycles. The lowest BCUT2D eigenvalue weighted by molar-refractivity contribution is 1.26. The van der Waals surface area contributed by atoms with E-state index in [2.05, 4.69) is 26.4 Å². The standard InChI is InChI=1S/C7H4BrCl2N3/c8-13-5-1-2-11-3-4(5)12-6(9)7(13)10/h1-3,12H. The molecule has 3 nitrogen and oxygen atoms in total. The van der Waals surface area contributed by atoms with Gasteiger partial charge in [-0.1, -0.05) is 23.2 Å². The highest BCUT2D eigenvalue weighted by Gasteiger charge is 2.20. The second-order valence-electron chi connectivity index (χ2n) is 2.40. The van der Waals surface area contributed by atoms with E-state index in [9.17, 15) is 0 Å². The minimum Gasteiger partial charge on any atom is -0.341 e. The number of nitrogens with one attached hydrogen (secondary N) is 1. The first kappa shape index (κ1) is 9.12. The lowest BCUT2D eigenvalue weighted by atomic mass is 10.3. The smallest absolute Gasteiger partial charge is 0.155 e. The zero-order valence-electron chi connectivity index (χ0n) is 6.26. The fourth-order valence-corrected chi connectivity index (χ4v) is 1.93. The van der Waals surface area contributed by atoms with Crippen molar-refractivity contribution in [2.75, 3.05) is 9.24 Å². The summed E-state index contributed by atoms with van der Waals surface area (Å²) in [5.74, 6) is 0. The van der Waals surface area contributed by atoms with Gasteiger partial charge in [0, 0.05) is 6.20 Å². The summed E-state index contributed by atoms with van der Waals surface area (Å²) in [6, 6.07) is 1.82. The Morgan fingerprint density at radius 3 is 3.00 bits per heavy atom. The monoisotopic (exact) mass is 279 g/mol. The van der Waals surface area contributed by atoms with Crippen LogP contribution in [0.15, 0.2) is 28.8 Å². The van der Waals surface area contributed by atoms with Crippen LogP contribution >= 0.6 is 39.3 Å². The van der Waals surface area contributed by atoms with Crippen molar-refractivity contribution in [1.29, 1.82) is 0 Å². The van der Waals surface area contributed by atoms with E-state index < -0.39 is 0 Å². The molecule has 0 unspecified atom stereocenters. The molecule has 1 aromatic heterocycles. The van der Waals surface area contributed by atoms with Gasteiger partial charge in [0.2, 0.25) is 0 Å². The first-order valence-corrected chi connectivity index (χ1v) is 4.89. The van der Waals surface area contributed by atoms with Gasteiger partial charge in [0.1, 0.15) is 5.16 Å². The van der Waals surface area contributed by atoms with Crippen molar-refractivity contribution in [3.8, 4) is 0 Å². The van der Waals surface area contributed by atoms with Crippen LogP contribution in [0, 0.1) is 0 Å². The van der Waals surface area contributed by atoms with Gasteiger partial charge in [-0.2, -0.15) is 0 Å². The van der Waals surface area contributed by atoms with Gasteiger partial charge in [0.25, 0.3) is 0 Å². The molecule has 13 heavy (non-hydrogen) atoms. The molecule has 1 aliphatic rings. The molecule has 1 N–H and O–H groups in total. The third-order valence-corrected chi connectivity index (χ3v) is 3.28. The molecule has 0 spiro atoms. The fraction of sp³-hybridized carbons (Fsp3) is 0. The number of pyridine rings is 1. The number of rotatable bonds is 0. The molecule has 0 amide bonds. The highest BCUT2D eigenvalue weighted by molar-refractivity contribution is 9.10. The van der Waals surface area contributed by atoms with Crippen LogP contribution in [-0.4, -0.2) is 4.98 Å². The Hall–Kier alpha value is -0.450. The summed E-state index contributed by atoms with van der Waals surface area (Å²) >= 11 is 15.0. The molecule has 0 saturated carbocycles. The second kappa shape index (κ2) is 3.36. The molecule has 1 aromatic rings. The third-order valence-electron chi connectivity index (χ3n) is 1.61. The summed E-state index contributed by atoms with van der Waals surface area (Å²) in [5.41, 5.74) is 1.69. The first-order valence-electron chi connectivity index (χ1n) is 3.42. The zero-order valence-corrected chi connectivity index (χ0v) is 9.36. The molecular formula is C7H4BrCl2N3. The van der Waals surface area contributed by atoms with Gasteiger partial charge in [-0.05, 0) is 6.07 Å². The molecule has 68 valence electrons. The summed E-state index contributed by atoms with van der Waals surface area (Å²) < 4.78 is 1.62. The lowest BCUT2D eigenvalue weighted by Gasteiger charge is -2.24. The van der Waals surface area contributed by atoms with Crippen molar-refractivity contribution in [2.24, 2.45) is 0 Å². The topological polar surface area (TPSA) is 28.2 Å². The second-order valence-corrected chi connectivity index (χ2v) is 3.85. The maximum Gasteiger partial charge on any atom is 0.155 e. The van der Waals surface area contributed by atoms with Crippen LogP contribution in [0.4, 0.5) is 11.4 Å². The SMILES string of the molecule is ClC1=C(Cl)N(Br)c2ccncc2N1. The van der Waals surface area contributed by atoms with Gasteiger partial charge < -0.3 is 5.32 Å². The van der Waals surface area contributed by atoms with Crippen molar-refractivity contribution in [2.45, 2.75) is 0 Å². The normalized spacial score (nSPS) is 15.5. The zero-order chi connectivity index (χ0) is 9.42. The molecule has 1 aliphatic heterocycles. The van der Waals surface area contributed by atoms with E-state index in [1.807, 2.05) is 6.07 Å². The van der Waals surface area contributed by atoms with E-state index in [0.717, 1.165) is 11.4 Å². The van der Waals surface area contributed by atoms with Crippen LogP contribution in [0.5, 0.6) is 0 Å². The molecule has 6 heteroatoms. The number of anilines is 2. The molecule has 0 aliphatic carbocycles. The summed E-state index contributed by atoms with van der Waals surface area (Å²) in [4.78, 5) is 3.96. The summed E-state index contributed by atoms with van der Waals surface area (Å²) in [5, 5.41) is 3.70. The minimum absolute atomic E-state index is 0.374. The van der Waals surface area contributed by atoms with Crippen LogP contribution in [-0.2, 0) is 0 Å². The quantitative estimate of drug-likeness (QED) is 0.584. The average molecular weight is 281 g/mol. The molecule has 2 rings (SSSR count). The van der Waals surface area contributed by atoms with Gasteiger partial charge >= 0.3 is 0 Å². The summed E-state index contributed by atoms with van der Waals surface area (Å²) in [7, 11) is 0. The van der Waals surface area contributed by atoms with Crippen LogP contribution < -0.4 is 9.24 Å². The van der Waals surface area contributed by atoms with Crippen molar-refractivity contribution in [3.05, 3.63) is 28.8 Å². The van der Waals surface area contributed by atoms with Crippen molar-refractivity contribution in [1.82, 2.24) is 4.98 Å².